The maximum atomic E-state index is 12.2. The number of hydrogen-bond donors (Lipinski definition) is 1. The van der Waals surface area contributed by atoms with E-state index in [1.54, 1.807) is 0 Å². The number of ether oxygens (including phenoxy) is 2. The van der Waals surface area contributed by atoms with Gasteiger partial charge in [-0.25, -0.2) is 0 Å². The van der Waals surface area contributed by atoms with Crippen LogP contribution in [-0.4, -0.2) is 37.0 Å². The largest absolute Gasteiger partial charge is 0.457 e. The molecule has 0 saturated carbocycles. The maximum absolute atomic E-state index is 12.2. The Bertz CT molecular complexity index is 1190. The van der Waals surface area contributed by atoms with Gasteiger partial charge in [0.25, 0.3) is 0 Å². The average Bonchev–Trinajstić information content (AvgIpc) is 3.22. The average molecular weight is 785 g/mol. The number of carbonyl (C=O) groups is 1. The predicted octanol–water partition coefficient (Wildman–Crippen LogP) is 15.4. The van der Waals surface area contributed by atoms with Crippen LogP contribution in [0.4, 0.5) is 0 Å². The van der Waals surface area contributed by atoms with Gasteiger partial charge in [0.05, 0.1) is 13.2 Å². The first-order chi connectivity index (χ1) is 28.2. The summed E-state index contributed by atoms with van der Waals surface area (Å²) in [4.78, 5) is 12.2. The number of unbranched alkanes of at least 4 members (excludes halogenated alkanes) is 10. The third-order valence-electron chi connectivity index (χ3n) is 8.97. The normalized spacial score (nSPS) is 13.7. The van der Waals surface area contributed by atoms with Gasteiger partial charge in [-0.1, -0.05) is 186 Å². The van der Waals surface area contributed by atoms with Crippen molar-refractivity contribution in [2.45, 2.75) is 174 Å². The zero-order valence-electron chi connectivity index (χ0n) is 36.5. The van der Waals surface area contributed by atoms with Crippen LogP contribution in [0, 0.1) is 0 Å². The summed E-state index contributed by atoms with van der Waals surface area (Å²) in [6, 6.07) is 0. The molecule has 1 unspecified atom stereocenters. The summed E-state index contributed by atoms with van der Waals surface area (Å²) in [6.45, 7) is 5.00. The van der Waals surface area contributed by atoms with Crippen LogP contribution in [-0.2, 0) is 14.3 Å². The van der Waals surface area contributed by atoms with E-state index in [1.165, 1.54) is 25.7 Å². The van der Waals surface area contributed by atoms with Gasteiger partial charge in [-0.05, 0) is 109 Å². The molecule has 0 aromatic rings. The lowest BCUT2D eigenvalue weighted by Gasteiger charge is -2.15. The molecule has 57 heavy (non-hydrogen) atoms. The van der Waals surface area contributed by atoms with Gasteiger partial charge in [-0.15, -0.1) is 0 Å². The minimum absolute atomic E-state index is 0.200. The Morgan fingerprint density at radius 2 is 0.737 bits per heavy atom. The van der Waals surface area contributed by atoms with Crippen molar-refractivity contribution in [2.24, 2.45) is 0 Å². The van der Waals surface area contributed by atoms with Crippen molar-refractivity contribution in [3.05, 3.63) is 134 Å². The molecule has 1 atom stereocenters. The second-order valence-electron chi connectivity index (χ2n) is 14.4. The summed E-state index contributed by atoms with van der Waals surface area (Å²) >= 11 is 0. The molecule has 320 valence electrons. The number of hydrogen-bond acceptors (Lipinski definition) is 4. The van der Waals surface area contributed by atoms with Crippen LogP contribution < -0.4 is 0 Å². The zero-order chi connectivity index (χ0) is 41.2. The van der Waals surface area contributed by atoms with Crippen molar-refractivity contribution < 1.29 is 19.4 Å². The second kappa shape index (κ2) is 48.7. The molecule has 4 nitrogen and oxygen atoms in total. The van der Waals surface area contributed by atoms with Crippen LogP contribution in [0.5, 0.6) is 0 Å². The van der Waals surface area contributed by atoms with Crippen LogP contribution in [0.15, 0.2) is 134 Å². The lowest BCUT2D eigenvalue weighted by Crippen LogP contribution is -2.27. The molecule has 0 amide bonds. The summed E-state index contributed by atoms with van der Waals surface area (Å²) in [5.74, 6) is -0.230. The molecule has 0 heterocycles. The molecular formula is C53H84O4. The number of allylic oxidation sites excluding steroid dienone is 22. The topological polar surface area (TPSA) is 55.8 Å². The molecular weight excluding hydrogens is 701 g/mol. The molecule has 4 heteroatoms. The second-order valence-corrected chi connectivity index (χ2v) is 14.4. The van der Waals surface area contributed by atoms with E-state index in [0.29, 0.717) is 13.0 Å². The summed E-state index contributed by atoms with van der Waals surface area (Å²) in [5, 5.41) is 9.62. The first-order valence-electron chi connectivity index (χ1n) is 22.8. The molecule has 0 saturated heterocycles. The first-order valence-corrected chi connectivity index (χ1v) is 22.8. The zero-order valence-corrected chi connectivity index (χ0v) is 36.5. The fourth-order valence-electron chi connectivity index (χ4n) is 5.65. The highest BCUT2D eigenvalue weighted by Gasteiger charge is 2.13. The quantitative estimate of drug-likeness (QED) is 0.0382. The molecule has 0 spiro atoms. The van der Waals surface area contributed by atoms with E-state index in [0.717, 1.165) is 122 Å². The van der Waals surface area contributed by atoms with Gasteiger partial charge in [-0.2, -0.15) is 0 Å². The maximum Gasteiger partial charge on any atom is 0.306 e. The van der Waals surface area contributed by atoms with Crippen molar-refractivity contribution in [3.63, 3.8) is 0 Å². The molecule has 1 N–H and O–H groups in total. The third kappa shape index (κ3) is 46.8. The Balaban J connectivity index is 3.60. The van der Waals surface area contributed by atoms with Crippen LogP contribution in [0.1, 0.15) is 168 Å². The van der Waals surface area contributed by atoms with Gasteiger partial charge in [-0.3, -0.25) is 4.79 Å². The van der Waals surface area contributed by atoms with Gasteiger partial charge >= 0.3 is 5.97 Å². The monoisotopic (exact) mass is 785 g/mol. The lowest BCUT2D eigenvalue weighted by molar-refractivity contribution is -0.154. The summed E-state index contributed by atoms with van der Waals surface area (Å²) < 4.78 is 11.1. The number of esters is 1. The van der Waals surface area contributed by atoms with Crippen LogP contribution >= 0.6 is 0 Å². The highest BCUT2D eigenvalue weighted by molar-refractivity contribution is 5.69. The SMILES string of the molecule is CC/C=C\C/C=C\C/C=C\C/C=C\C/C=C\C/C=C\CCCCCOCC(CO)OC(=O)CCCCCCCCC/C=C\C/C=C\C/C=C\C/C=C\C/C=C\CC. The fraction of sp³-hybridized carbons (Fsp3) is 0.566. The Kier molecular flexibility index (Phi) is 45.7. The molecule has 0 aliphatic rings. The summed E-state index contributed by atoms with van der Waals surface area (Å²) in [6.07, 6.45) is 73.7. The standard InChI is InChI=1S/C53H84O4/c1-3-5-7-9-11-13-15-17-19-21-23-25-27-28-30-32-34-36-38-40-42-44-46-48-53(55)57-52(50-54)51-56-49-47-45-43-41-39-37-35-33-31-29-26-24-22-20-18-16-14-12-10-8-6-4-2/h5-8,11-14,17-20,23-26,28,30-31,33,37,39,52,54H,3-4,9-10,15-16,21-22,27,29,32,34-36,38,40-51H2,1-2H3/b7-5-,8-6-,13-11-,14-12-,19-17-,20-18-,25-23-,26-24-,30-28-,33-31-,39-37-. The smallest absolute Gasteiger partial charge is 0.306 e. The van der Waals surface area contributed by atoms with Crippen molar-refractivity contribution in [2.75, 3.05) is 19.8 Å². The van der Waals surface area contributed by atoms with E-state index < -0.39 is 6.10 Å². The van der Waals surface area contributed by atoms with Gasteiger partial charge in [0.15, 0.2) is 0 Å². The van der Waals surface area contributed by atoms with E-state index in [4.69, 9.17) is 9.47 Å². The van der Waals surface area contributed by atoms with Crippen molar-refractivity contribution in [3.8, 4) is 0 Å². The van der Waals surface area contributed by atoms with E-state index in [2.05, 4.69) is 148 Å². The van der Waals surface area contributed by atoms with Crippen molar-refractivity contribution in [1.82, 2.24) is 0 Å². The first kappa shape index (κ1) is 53.5. The van der Waals surface area contributed by atoms with E-state index >= 15 is 0 Å². The minimum atomic E-state index is -0.570. The highest BCUT2D eigenvalue weighted by Crippen LogP contribution is 2.11. The Labute approximate surface area is 351 Å². The number of aliphatic hydroxyl groups is 1. The highest BCUT2D eigenvalue weighted by atomic mass is 16.6. The van der Waals surface area contributed by atoms with Crippen LogP contribution in [0.2, 0.25) is 0 Å². The molecule has 0 bridgehead atoms. The number of aliphatic hydroxyl groups excluding tert-OH is 1. The number of carbonyl (C=O) groups excluding carboxylic acids is 1. The molecule has 0 radical (unpaired) electrons. The molecule has 0 fully saturated rings. The van der Waals surface area contributed by atoms with Crippen LogP contribution in [0.3, 0.4) is 0 Å². The van der Waals surface area contributed by atoms with Gasteiger partial charge in [0, 0.05) is 13.0 Å². The molecule has 0 aliphatic heterocycles. The molecule has 0 aromatic carbocycles. The van der Waals surface area contributed by atoms with Crippen molar-refractivity contribution >= 4 is 5.97 Å². The summed E-state index contributed by atoms with van der Waals surface area (Å²) in [7, 11) is 0. The lowest BCUT2D eigenvalue weighted by atomic mass is 10.1. The van der Waals surface area contributed by atoms with E-state index in [9.17, 15) is 9.90 Å². The predicted molar refractivity (Wildman–Crippen MR) is 250 cm³/mol. The Morgan fingerprint density at radius 1 is 0.421 bits per heavy atom. The Morgan fingerprint density at radius 3 is 1.11 bits per heavy atom. The van der Waals surface area contributed by atoms with Crippen LogP contribution in [0.25, 0.3) is 0 Å². The number of rotatable bonds is 40. The van der Waals surface area contributed by atoms with E-state index in [-0.39, 0.29) is 19.2 Å². The van der Waals surface area contributed by atoms with E-state index in [1.807, 2.05) is 0 Å². The van der Waals surface area contributed by atoms with Gasteiger partial charge in [0.2, 0.25) is 0 Å². The Hall–Kier alpha value is -3.47. The fourth-order valence-corrected chi connectivity index (χ4v) is 5.65. The van der Waals surface area contributed by atoms with Crippen molar-refractivity contribution in [1.29, 1.82) is 0 Å². The molecule has 0 rings (SSSR count). The molecule has 0 aromatic heterocycles. The molecule has 0 aliphatic carbocycles. The summed E-state index contributed by atoms with van der Waals surface area (Å²) in [5.41, 5.74) is 0. The van der Waals surface area contributed by atoms with Gasteiger partial charge in [0.1, 0.15) is 6.10 Å². The van der Waals surface area contributed by atoms with Gasteiger partial charge < -0.3 is 14.6 Å². The third-order valence-corrected chi connectivity index (χ3v) is 8.97. The minimum Gasteiger partial charge on any atom is -0.457 e.